The molecule has 3 amide bonds. The van der Waals surface area contributed by atoms with Gasteiger partial charge in [0.05, 0.1) is 10.6 Å². The first-order valence-corrected chi connectivity index (χ1v) is 8.22. The van der Waals surface area contributed by atoms with Gasteiger partial charge < -0.3 is 15.4 Å². The summed E-state index contributed by atoms with van der Waals surface area (Å²) in [7, 11) is 0. The van der Waals surface area contributed by atoms with Gasteiger partial charge in [0.25, 0.3) is 11.6 Å². The van der Waals surface area contributed by atoms with Gasteiger partial charge in [0.2, 0.25) is 11.8 Å². The fourth-order valence-electron chi connectivity index (χ4n) is 2.66. The van der Waals surface area contributed by atoms with Crippen molar-refractivity contribution in [1.29, 1.82) is 0 Å². The van der Waals surface area contributed by atoms with Crippen LogP contribution in [-0.2, 0) is 14.4 Å². The monoisotopic (exact) mass is 384 g/mol. The number of carbonyl (C=O) groups is 3. The van der Waals surface area contributed by atoms with E-state index in [0.29, 0.717) is 11.4 Å². The second-order valence-corrected chi connectivity index (χ2v) is 5.98. The van der Waals surface area contributed by atoms with E-state index in [2.05, 4.69) is 10.6 Å². The summed E-state index contributed by atoms with van der Waals surface area (Å²) in [5, 5.41) is 16.2. The minimum absolute atomic E-state index is 0.168. The average molecular weight is 384 g/mol. The molecule has 0 bridgehead atoms. The average Bonchev–Trinajstić information content (AvgIpc) is 2.65. The third-order valence-electron chi connectivity index (χ3n) is 3.89. The van der Waals surface area contributed by atoms with Crippen LogP contribution < -0.4 is 20.3 Å². The van der Waals surface area contributed by atoms with Crippen molar-refractivity contribution in [2.24, 2.45) is 0 Å². The number of nitro groups is 1. The van der Waals surface area contributed by atoms with Crippen LogP contribution in [0.4, 0.5) is 22.7 Å². The van der Waals surface area contributed by atoms with Crippen molar-refractivity contribution in [3.05, 3.63) is 52.6 Å². The first-order chi connectivity index (χ1) is 13.3. The molecule has 2 N–H and O–H groups in total. The number of hydrogen-bond donors (Lipinski definition) is 2. The highest BCUT2D eigenvalue weighted by Gasteiger charge is 2.29. The van der Waals surface area contributed by atoms with Crippen LogP contribution in [0.3, 0.4) is 0 Å². The lowest BCUT2D eigenvalue weighted by Gasteiger charge is -2.28. The van der Waals surface area contributed by atoms with Crippen molar-refractivity contribution in [2.75, 3.05) is 28.7 Å². The number of nitrogens with zero attached hydrogens (tertiary/aromatic N) is 2. The van der Waals surface area contributed by atoms with Crippen LogP contribution >= 0.6 is 0 Å². The zero-order valence-corrected chi connectivity index (χ0v) is 14.8. The van der Waals surface area contributed by atoms with E-state index < -0.39 is 16.7 Å². The topological polar surface area (TPSA) is 131 Å². The Labute approximate surface area is 159 Å². The molecule has 2 aromatic rings. The lowest BCUT2D eigenvalue weighted by atomic mass is 10.2. The number of carbonyl (C=O) groups excluding carboxylic acids is 3. The molecular weight excluding hydrogens is 368 g/mol. The molecule has 0 unspecified atom stereocenters. The second kappa shape index (κ2) is 7.74. The van der Waals surface area contributed by atoms with Gasteiger partial charge in [-0.3, -0.25) is 29.4 Å². The maximum absolute atomic E-state index is 12.4. The van der Waals surface area contributed by atoms with E-state index in [4.69, 9.17) is 4.74 Å². The fourth-order valence-corrected chi connectivity index (χ4v) is 2.66. The minimum atomic E-state index is -0.589. The Balaban J connectivity index is 1.73. The highest BCUT2D eigenvalue weighted by atomic mass is 16.6. The number of benzene rings is 2. The van der Waals surface area contributed by atoms with E-state index in [0.717, 1.165) is 4.90 Å². The van der Waals surface area contributed by atoms with E-state index in [9.17, 15) is 24.5 Å². The molecule has 0 spiro atoms. The predicted molar refractivity (Wildman–Crippen MR) is 100 cm³/mol. The smallest absolute Gasteiger partial charge is 0.271 e. The molecule has 0 atom stereocenters. The number of nitrogens with one attached hydrogen (secondary N) is 2. The lowest BCUT2D eigenvalue weighted by molar-refractivity contribution is -0.384. The number of hydrogen-bond acceptors (Lipinski definition) is 6. The molecule has 1 heterocycles. The van der Waals surface area contributed by atoms with Gasteiger partial charge in [-0.05, 0) is 30.3 Å². The number of anilines is 3. The van der Waals surface area contributed by atoms with Crippen LogP contribution in [0.2, 0.25) is 0 Å². The summed E-state index contributed by atoms with van der Waals surface area (Å²) in [6.45, 7) is 0.796. The Hall–Kier alpha value is -3.95. The summed E-state index contributed by atoms with van der Waals surface area (Å²) in [6.07, 6.45) is 0. The van der Waals surface area contributed by atoms with Crippen LogP contribution in [0.1, 0.15) is 6.92 Å². The number of nitro benzene ring substituents is 1. The number of fused-ring (bicyclic) bond motifs is 1. The zero-order valence-electron chi connectivity index (χ0n) is 14.8. The lowest BCUT2D eigenvalue weighted by Crippen LogP contribution is -2.43. The normalized spacial score (nSPS) is 12.6. The third kappa shape index (κ3) is 4.23. The van der Waals surface area contributed by atoms with Crippen LogP contribution in [0.5, 0.6) is 5.75 Å². The van der Waals surface area contributed by atoms with Crippen molar-refractivity contribution in [2.45, 2.75) is 6.92 Å². The first-order valence-electron chi connectivity index (χ1n) is 8.22. The molecule has 144 valence electrons. The molecule has 28 heavy (non-hydrogen) atoms. The molecule has 0 aromatic heterocycles. The summed E-state index contributed by atoms with van der Waals surface area (Å²) in [4.78, 5) is 47.1. The van der Waals surface area contributed by atoms with Crippen LogP contribution in [0.25, 0.3) is 0 Å². The number of amides is 3. The molecule has 3 rings (SSSR count). The molecule has 1 aliphatic heterocycles. The summed E-state index contributed by atoms with van der Waals surface area (Å²) >= 11 is 0. The molecule has 10 nitrogen and oxygen atoms in total. The molecular formula is C18H16N4O6. The van der Waals surface area contributed by atoms with Crippen LogP contribution in [0, 0.1) is 10.1 Å². The maximum atomic E-state index is 12.4. The van der Waals surface area contributed by atoms with E-state index in [1.165, 1.54) is 25.1 Å². The molecule has 0 saturated heterocycles. The Morgan fingerprint density at radius 1 is 1.14 bits per heavy atom. The number of non-ortho nitro benzene ring substituents is 1. The quantitative estimate of drug-likeness (QED) is 0.598. The van der Waals surface area contributed by atoms with Gasteiger partial charge in [-0.1, -0.05) is 0 Å². The molecule has 0 fully saturated rings. The van der Waals surface area contributed by atoms with E-state index in [-0.39, 0.29) is 36.2 Å². The summed E-state index contributed by atoms with van der Waals surface area (Å²) in [5.41, 5.74) is 1.01. The van der Waals surface area contributed by atoms with Crippen molar-refractivity contribution < 1.29 is 24.0 Å². The van der Waals surface area contributed by atoms with Gasteiger partial charge in [0.15, 0.2) is 6.61 Å². The first kappa shape index (κ1) is 18.8. The van der Waals surface area contributed by atoms with Gasteiger partial charge >= 0.3 is 0 Å². The van der Waals surface area contributed by atoms with Gasteiger partial charge in [0.1, 0.15) is 12.3 Å². The van der Waals surface area contributed by atoms with Gasteiger partial charge in [-0.15, -0.1) is 0 Å². The largest absolute Gasteiger partial charge is 0.482 e. The van der Waals surface area contributed by atoms with Crippen LogP contribution in [-0.4, -0.2) is 35.8 Å². The Morgan fingerprint density at radius 2 is 1.79 bits per heavy atom. The SMILES string of the molecule is CC(=O)Nc1ccc(NC(=O)CN2C(=O)COc3ccc([N+](=O)[O-])cc32)cc1. The summed E-state index contributed by atoms with van der Waals surface area (Å²) in [5.74, 6) is -0.892. The number of ether oxygens (including phenoxy) is 1. The molecule has 2 aromatic carbocycles. The highest BCUT2D eigenvalue weighted by Crippen LogP contribution is 2.35. The van der Waals surface area contributed by atoms with Crippen LogP contribution in [0.15, 0.2) is 42.5 Å². The third-order valence-corrected chi connectivity index (χ3v) is 3.89. The number of rotatable bonds is 5. The zero-order chi connectivity index (χ0) is 20.3. The van der Waals surface area contributed by atoms with Crippen molar-refractivity contribution >= 4 is 40.5 Å². The van der Waals surface area contributed by atoms with E-state index in [1.807, 2.05) is 0 Å². The molecule has 0 radical (unpaired) electrons. The van der Waals surface area contributed by atoms with Gasteiger partial charge in [-0.25, -0.2) is 0 Å². The van der Waals surface area contributed by atoms with Crippen molar-refractivity contribution in [3.8, 4) is 5.75 Å². The fraction of sp³-hybridized carbons (Fsp3) is 0.167. The molecule has 0 saturated carbocycles. The Bertz CT molecular complexity index is 957. The summed E-state index contributed by atoms with van der Waals surface area (Å²) < 4.78 is 5.27. The molecule has 0 aliphatic carbocycles. The van der Waals surface area contributed by atoms with E-state index in [1.54, 1.807) is 24.3 Å². The second-order valence-electron chi connectivity index (χ2n) is 5.98. The Morgan fingerprint density at radius 3 is 2.39 bits per heavy atom. The highest BCUT2D eigenvalue weighted by molar-refractivity contribution is 6.05. The standard InChI is InChI=1S/C18H16N4O6/c1-11(23)19-12-2-4-13(5-3-12)20-17(24)9-21-15-8-14(22(26)27)6-7-16(15)28-10-18(21)25/h2-8H,9-10H2,1H3,(H,19,23)(H,20,24). The molecule has 1 aliphatic rings. The Kier molecular flexibility index (Phi) is 5.21. The summed E-state index contributed by atoms with van der Waals surface area (Å²) in [6, 6.07) is 10.3. The van der Waals surface area contributed by atoms with Gasteiger partial charge in [-0.2, -0.15) is 0 Å². The van der Waals surface area contributed by atoms with E-state index >= 15 is 0 Å². The van der Waals surface area contributed by atoms with Crippen molar-refractivity contribution in [1.82, 2.24) is 0 Å². The van der Waals surface area contributed by atoms with Crippen molar-refractivity contribution in [3.63, 3.8) is 0 Å². The predicted octanol–water partition coefficient (Wildman–Crippen LogP) is 1.92. The minimum Gasteiger partial charge on any atom is -0.482 e. The maximum Gasteiger partial charge on any atom is 0.271 e. The van der Waals surface area contributed by atoms with Gasteiger partial charge in [0, 0.05) is 30.4 Å². The molecule has 10 heteroatoms.